The van der Waals surface area contributed by atoms with E-state index in [1.165, 1.54) is 13.3 Å². The average Bonchev–Trinajstić information content (AvgIpc) is 3.14. The number of rotatable bonds is 4. The first kappa shape index (κ1) is 17.9. The number of nitrogens with two attached hydrogens (primary N) is 1. The van der Waals surface area contributed by atoms with E-state index in [9.17, 15) is 15.3 Å². The number of nitrogens with zero attached hydrogens (tertiary/aromatic N) is 3. The zero-order valence-electron chi connectivity index (χ0n) is 14.9. The Morgan fingerprint density at radius 1 is 1.26 bits per heavy atom. The van der Waals surface area contributed by atoms with Crippen LogP contribution in [0.2, 0.25) is 0 Å². The molecule has 1 unspecified atom stereocenters. The van der Waals surface area contributed by atoms with Gasteiger partial charge in [0, 0.05) is 11.8 Å². The summed E-state index contributed by atoms with van der Waals surface area (Å²) >= 11 is 0. The van der Waals surface area contributed by atoms with E-state index in [0.717, 1.165) is 16.5 Å². The van der Waals surface area contributed by atoms with Crippen molar-refractivity contribution in [3.63, 3.8) is 0 Å². The van der Waals surface area contributed by atoms with Crippen LogP contribution in [0.25, 0.3) is 22.2 Å². The van der Waals surface area contributed by atoms with E-state index >= 15 is 0 Å². The van der Waals surface area contributed by atoms with E-state index in [1.807, 2.05) is 41.1 Å². The molecule has 27 heavy (non-hydrogen) atoms. The summed E-state index contributed by atoms with van der Waals surface area (Å²) in [7, 11) is 0. The van der Waals surface area contributed by atoms with E-state index in [-0.39, 0.29) is 13.2 Å². The summed E-state index contributed by atoms with van der Waals surface area (Å²) in [6, 6.07) is 9.75. The highest BCUT2D eigenvalue weighted by molar-refractivity contribution is 6.00. The molecule has 0 radical (unpaired) electrons. The van der Waals surface area contributed by atoms with Crippen molar-refractivity contribution in [3.8, 4) is 11.1 Å². The molecule has 3 aromatic rings. The number of nitrogen functional groups attached to an aromatic ring is 1. The number of aliphatic hydroxyl groups is 3. The standard InChI is InChI=1S/C19H22N4O4/c1-19(26)14(27-13(9-24)16(19)25)8-23-7-12(11-5-3-2-4-6-11)15-17(20)21-10-22-18(15)23/h2-7,10,13-14,16,24-26H,8-9H2,1H3,(H2,20,21,22)/t13-,14+,16?,19+/m1/s1. The molecular formula is C19H22N4O4. The monoisotopic (exact) mass is 370 g/mol. The van der Waals surface area contributed by atoms with E-state index < -0.39 is 23.9 Å². The fraction of sp³-hybridized carbons (Fsp3) is 0.368. The van der Waals surface area contributed by atoms with Crippen molar-refractivity contribution in [2.75, 3.05) is 12.3 Å². The Labute approximate surface area is 155 Å². The SMILES string of the molecule is C[C@@]1(O)C(O)[C@@H](CO)O[C@H]1Cn1cc(-c2ccccc2)c2c(N)ncnc21. The molecule has 142 valence electrons. The lowest BCUT2D eigenvalue weighted by atomic mass is 9.93. The Balaban J connectivity index is 1.79. The van der Waals surface area contributed by atoms with Gasteiger partial charge >= 0.3 is 0 Å². The lowest BCUT2D eigenvalue weighted by Crippen LogP contribution is -2.47. The molecule has 0 saturated carbocycles. The zero-order chi connectivity index (χ0) is 19.2. The Bertz CT molecular complexity index is 957. The quantitative estimate of drug-likeness (QED) is 0.528. The lowest BCUT2D eigenvalue weighted by molar-refractivity contribution is -0.0677. The molecule has 4 rings (SSSR count). The van der Waals surface area contributed by atoms with Crippen molar-refractivity contribution in [2.24, 2.45) is 0 Å². The highest BCUT2D eigenvalue weighted by Gasteiger charge is 2.51. The molecule has 1 fully saturated rings. The molecular weight excluding hydrogens is 348 g/mol. The third kappa shape index (κ3) is 2.87. The molecule has 1 saturated heterocycles. The summed E-state index contributed by atoms with van der Waals surface area (Å²) in [5, 5.41) is 31.0. The molecule has 0 bridgehead atoms. The van der Waals surface area contributed by atoms with Crippen molar-refractivity contribution in [3.05, 3.63) is 42.9 Å². The molecule has 0 amide bonds. The van der Waals surface area contributed by atoms with E-state index in [1.54, 1.807) is 0 Å². The van der Waals surface area contributed by atoms with Gasteiger partial charge in [0.2, 0.25) is 0 Å². The average molecular weight is 370 g/mol. The van der Waals surface area contributed by atoms with Crippen molar-refractivity contribution in [1.82, 2.24) is 14.5 Å². The van der Waals surface area contributed by atoms with E-state index in [4.69, 9.17) is 10.5 Å². The van der Waals surface area contributed by atoms with Crippen molar-refractivity contribution < 1.29 is 20.1 Å². The zero-order valence-corrected chi connectivity index (χ0v) is 14.9. The highest BCUT2D eigenvalue weighted by Crippen LogP contribution is 2.36. The number of anilines is 1. The minimum absolute atomic E-state index is 0.236. The van der Waals surface area contributed by atoms with Gasteiger partial charge in [0.25, 0.3) is 0 Å². The maximum absolute atomic E-state index is 10.7. The summed E-state index contributed by atoms with van der Waals surface area (Å²) in [4.78, 5) is 8.46. The molecule has 4 atom stereocenters. The van der Waals surface area contributed by atoms with Crippen LogP contribution in [0.15, 0.2) is 42.9 Å². The maximum atomic E-state index is 10.7. The summed E-state index contributed by atoms with van der Waals surface area (Å²) < 4.78 is 7.53. The van der Waals surface area contributed by atoms with Gasteiger partial charge in [-0.05, 0) is 12.5 Å². The van der Waals surface area contributed by atoms with E-state index in [0.29, 0.717) is 11.5 Å². The number of aliphatic hydroxyl groups excluding tert-OH is 2. The van der Waals surface area contributed by atoms with Crippen LogP contribution in [0, 0.1) is 0 Å². The second kappa shape index (κ2) is 6.58. The van der Waals surface area contributed by atoms with Crippen LogP contribution in [0.3, 0.4) is 0 Å². The summed E-state index contributed by atoms with van der Waals surface area (Å²) in [5.41, 5.74) is 7.07. The fourth-order valence-corrected chi connectivity index (χ4v) is 3.66. The van der Waals surface area contributed by atoms with Crippen LogP contribution in [-0.4, -0.2) is 60.4 Å². The van der Waals surface area contributed by atoms with Gasteiger partial charge in [0.1, 0.15) is 41.7 Å². The summed E-state index contributed by atoms with van der Waals surface area (Å²) in [6.07, 6.45) is 0.549. The van der Waals surface area contributed by atoms with Crippen molar-refractivity contribution in [1.29, 1.82) is 0 Å². The molecule has 2 aromatic heterocycles. The Morgan fingerprint density at radius 3 is 2.67 bits per heavy atom. The number of benzene rings is 1. The van der Waals surface area contributed by atoms with Crippen LogP contribution in [-0.2, 0) is 11.3 Å². The predicted octanol–water partition coefficient (Wildman–Crippen LogP) is 0.552. The predicted molar refractivity (Wildman–Crippen MR) is 99.8 cm³/mol. The Morgan fingerprint density at radius 2 is 2.00 bits per heavy atom. The second-order valence-corrected chi connectivity index (χ2v) is 7.04. The van der Waals surface area contributed by atoms with Gasteiger partial charge in [0.05, 0.1) is 18.5 Å². The number of hydrogen-bond acceptors (Lipinski definition) is 7. The van der Waals surface area contributed by atoms with Crippen LogP contribution in [0.5, 0.6) is 0 Å². The first-order valence-corrected chi connectivity index (χ1v) is 8.75. The van der Waals surface area contributed by atoms with Crippen molar-refractivity contribution in [2.45, 2.75) is 37.4 Å². The first-order valence-electron chi connectivity index (χ1n) is 8.75. The minimum atomic E-state index is -1.50. The molecule has 1 aliphatic heterocycles. The van der Waals surface area contributed by atoms with Gasteiger partial charge in [-0.25, -0.2) is 9.97 Å². The fourth-order valence-electron chi connectivity index (χ4n) is 3.66. The molecule has 8 heteroatoms. The van der Waals surface area contributed by atoms with Crippen LogP contribution in [0.1, 0.15) is 6.92 Å². The summed E-state index contributed by atoms with van der Waals surface area (Å²) in [6.45, 7) is 1.37. The molecule has 3 heterocycles. The van der Waals surface area contributed by atoms with Gasteiger partial charge in [-0.15, -0.1) is 0 Å². The Kier molecular flexibility index (Phi) is 4.35. The van der Waals surface area contributed by atoms with Gasteiger partial charge in [-0.3, -0.25) is 0 Å². The van der Waals surface area contributed by atoms with Crippen molar-refractivity contribution >= 4 is 16.9 Å². The van der Waals surface area contributed by atoms with Crippen LogP contribution >= 0.6 is 0 Å². The second-order valence-electron chi connectivity index (χ2n) is 7.04. The van der Waals surface area contributed by atoms with Crippen LogP contribution < -0.4 is 5.73 Å². The number of aromatic nitrogens is 3. The van der Waals surface area contributed by atoms with Gasteiger partial charge < -0.3 is 30.4 Å². The number of fused-ring (bicyclic) bond motifs is 1. The number of hydrogen-bond donors (Lipinski definition) is 4. The lowest BCUT2D eigenvalue weighted by Gasteiger charge is -2.26. The summed E-state index contributed by atoms with van der Waals surface area (Å²) in [5.74, 6) is 0.366. The minimum Gasteiger partial charge on any atom is -0.394 e. The molecule has 0 spiro atoms. The largest absolute Gasteiger partial charge is 0.394 e. The molecule has 1 aliphatic rings. The van der Waals surface area contributed by atoms with Gasteiger partial charge in [-0.2, -0.15) is 0 Å². The Hall–Kier alpha value is -2.52. The molecule has 8 nitrogen and oxygen atoms in total. The van der Waals surface area contributed by atoms with Gasteiger partial charge in [-0.1, -0.05) is 30.3 Å². The third-order valence-electron chi connectivity index (χ3n) is 5.25. The third-order valence-corrected chi connectivity index (χ3v) is 5.25. The normalized spacial score (nSPS) is 28.1. The molecule has 1 aromatic carbocycles. The van der Waals surface area contributed by atoms with E-state index in [2.05, 4.69) is 9.97 Å². The van der Waals surface area contributed by atoms with Crippen LogP contribution in [0.4, 0.5) is 5.82 Å². The highest BCUT2D eigenvalue weighted by atomic mass is 16.6. The van der Waals surface area contributed by atoms with Gasteiger partial charge in [0.15, 0.2) is 0 Å². The number of ether oxygens (including phenoxy) is 1. The maximum Gasteiger partial charge on any atom is 0.146 e. The topological polar surface area (TPSA) is 127 Å². The molecule has 5 N–H and O–H groups in total. The molecule has 0 aliphatic carbocycles. The smallest absolute Gasteiger partial charge is 0.146 e. The first-order chi connectivity index (χ1) is 12.9.